The van der Waals surface area contributed by atoms with Gasteiger partial charge in [0.1, 0.15) is 5.75 Å². The summed E-state index contributed by atoms with van der Waals surface area (Å²) in [6, 6.07) is 8.29. The molecular formula is C18H25NO. The molecule has 0 amide bonds. The maximum Gasteiger partial charge on any atom is 0.119 e. The molecule has 0 unspecified atom stereocenters. The van der Waals surface area contributed by atoms with Gasteiger partial charge in [0.05, 0.1) is 6.61 Å². The molecule has 5 rings (SSSR count). The fourth-order valence-electron chi connectivity index (χ4n) is 5.47. The average Bonchev–Trinajstić information content (AvgIpc) is 2.44. The second-order valence-electron chi connectivity index (χ2n) is 7.56. The summed E-state index contributed by atoms with van der Waals surface area (Å²) in [7, 11) is 0. The highest BCUT2D eigenvalue weighted by Crippen LogP contribution is 2.59. The molecule has 4 saturated carbocycles. The van der Waals surface area contributed by atoms with E-state index in [1.54, 1.807) is 0 Å². The monoisotopic (exact) mass is 271 g/mol. The van der Waals surface area contributed by atoms with Crippen LogP contribution < -0.4 is 10.5 Å². The minimum absolute atomic E-state index is 0.494. The van der Waals surface area contributed by atoms with Crippen LogP contribution in [0.4, 0.5) is 0 Å². The van der Waals surface area contributed by atoms with Gasteiger partial charge in [-0.3, -0.25) is 0 Å². The third-order valence-corrected chi connectivity index (χ3v) is 5.84. The van der Waals surface area contributed by atoms with Gasteiger partial charge in [0.25, 0.3) is 0 Å². The summed E-state index contributed by atoms with van der Waals surface area (Å²) in [6.45, 7) is 1.51. The van der Waals surface area contributed by atoms with Crippen LogP contribution in [0.2, 0.25) is 0 Å². The van der Waals surface area contributed by atoms with Gasteiger partial charge < -0.3 is 10.5 Å². The molecule has 20 heavy (non-hydrogen) atoms. The second-order valence-corrected chi connectivity index (χ2v) is 7.56. The van der Waals surface area contributed by atoms with Crippen molar-refractivity contribution in [3.05, 3.63) is 29.8 Å². The van der Waals surface area contributed by atoms with Crippen LogP contribution in [-0.4, -0.2) is 6.61 Å². The normalized spacial score (nSPS) is 38.1. The standard InChI is InChI=1S/C18H25NO/c19-11-13-2-1-3-17(7-13)20-12-18-8-14-4-15(9-18)6-16(5-14)10-18/h1-3,7,14-16H,4-6,8-12,19H2. The lowest BCUT2D eigenvalue weighted by atomic mass is 9.50. The van der Waals surface area contributed by atoms with E-state index in [4.69, 9.17) is 10.5 Å². The first-order chi connectivity index (χ1) is 9.75. The molecule has 0 aliphatic heterocycles. The molecule has 4 fully saturated rings. The zero-order valence-corrected chi connectivity index (χ0v) is 12.2. The molecule has 1 aromatic rings. The van der Waals surface area contributed by atoms with Crippen LogP contribution in [-0.2, 0) is 6.54 Å². The van der Waals surface area contributed by atoms with Crippen LogP contribution in [0.15, 0.2) is 24.3 Å². The number of hydrogen-bond donors (Lipinski definition) is 1. The molecule has 4 aliphatic rings. The van der Waals surface area contributed by atoms with Crippen LogP contribution in [0.5, 0.6) is 5.75 Å². The number of benzene rings is 1. The van der Waals surface area contributed by atoms with Crippen LogP contribution >= 0.6 is 0 Å². The Morgan fingerprint density at radius 3 is 2.30 bits per heavy atom. The summed E-state index contributed by atoms with van der Waals surface area (Å²) in [6.07, 6.45) is 8.74. The van der Waals surface area contributed by atoms with E-state index in [1.165, 1.54) is 38.5 Å². The van der Waals surface area contributed by atoms with Crippen LogP contribution in [0.1, 0.15) is 44.1 Å². The van der Waals surface area contributed by atoms with Crippen molar-refractivity contribution in [3.8, 4) is 5.75 Å². The van der Waals surface area contributed by atoms with E-state index in [0.29, 0.717) is 12.0 Å². The lowest BCUT2D eigenvalue weighted by molar-refractivity contribution is -0.0745. The topological polar surface area (TPSA) is 35.2 Å². The zero-order chi connectivity index (χ0) is 13.6. The predicted molar refractivity (Wildman–Crippen MR) is 80.4 cm³/mol. The minimum Gasteiger partial charge on any atom is -0.493 e. The molecular weight excluding hydrogens is 246 g/mol. The Morgan fingerprint density at radius 1 is 1.05 bits per heavy atom. The third-order valence-electron chi connectivity index (χ3n) is 5.84. The molecule has 0 radical (unpaired) electrons. The highest BCUT2D eigenvalue weighted by Gasteiger charge is 2.51. The van der Waals surface area contributed by atoms with Crippen molar-refractivity contribution in [1.29, 1.82) is 0 Å². The fourth-order valence-corrected chi connectivity index (χ4v) is 5.47. The summed E-state index contributed by atoms with van der Waals surface area (Å²) < 4.78 is 6.18. The molecule has 0 heterocycles. The van der Waals surface area contributed by atoms with Crippen LogP contribution in [0.25, 0.3) is 0 Å². The Labute approximate surface area is 121 Å². The zero-order valence-electron chi connectivity index (χ0n) is 12.2. The Morgan fingerprint density at radius 2 is 1.70 bits per heavy atom. The Balaban J connectivity index is 1.46. The summed E-state index contributed by atoms with van der Waals surface area (Å²) in [5.41, 5.74) is 7.36. The van der Waals surface area contributed by atoms with E-state index in [2.05, 4.69) is 24.3 Å². The number of rotatable bonds is 4. The summed E-state index contributed by atoms with van der Waals surface area (Å²) in [5.74, 6) is 4.00. The van der Waals surface area contributed by atoms with E-state index < -0.39 is 0 Å². The maximum absolute atomic E-state index is 6.18. The summed E-state index contributed by atoms with van der Waals surface area (Å²) >= 11 is 0. The van der Waals surface area contributed by atoms with Gasteiger partial charge in [0.15, 0.2) is 0 Å². The van der Waals surface area contributed by atoms with Gasteiger partial charge in [-0.15, -0.1) is 0 Å². The molecule has 0 saturated heterocycles. The first kappa shape index (κ1) is 12.7. The Bertz CT molecular complexity index is 461. The van der Waals surface area contributed by atoms with Gasteiger partial charge in [-0.1, -0.05) is 12.1 Å². The molecule has 2 nitrogen and oxygen atoms in total. The summed E-state index contributed by atoms with van der Waals surface area (Å²) in [5, 5.41) is 0. The molecule has 0 aromatic heterocycles. The quantitative estimate of drug-likeness (QED) is 0.905. The fraction of sp³-hybridized carbons (Fsp3) is 0.667. The molecule has 2 heteroatoms. The third kappa shape index (κ3) is 2.24. The molecule has 4 aliphatic carbocycles. The van der Waals surface area contributed by atoms with Crippen molar-refractivity contribution in [3.63, 3.8) is 0 Å². The molecule has 2 N–H and O–H groups in total. The van der Waals surface area contributed by atoms with Crippen molar-refractivity contribution < 1.29 is 4.74 Å². The van der Waals surface area contributed by atoms with Crippen LogP contribution in [0, 0.1) is 23.2 Å². The summed E-state index contributed by atoms with van der Waals surface area (Å²) in [4.78, 5) is 0. The number of hydrogen-bond acceptors (Lipinski definition) is 2. The molecule has 0 spiro atoms. The van der Waals surface area contributed by atoms with Gasteiger partial charge in [-0.25, -0.2) is 0 Å². The minimum atomic E-state index is 0.494. The highest BCUT2D eigenvalue weighted by atomic mass is 16.5. The SMILES string of the molecule is NCc1cccc(OCC23CC4CC(CC(C4)C2)C3)c1. The smallest absolute Gasteiger partial charge is 0.119 e. The lowest BCUT2D eigenvalue weighted by Gasteiger charge is -2.56. The van der Waals surface area contributed by atoms with Gasteiger partial charge in [0, 0.05) is 12.0 Å². The molecule has 108 valence electrons. The van der Waals surface area contributed by atoms with Gasteiger partial charge in [0.2, 0.25) is 0 Å². The van der Waals surface area contributed by atoms with Crippen molar-refractivity contribution in [2.45, 2.75) is 45.1 Å². The maximum atomic E-state index is 6.18. The van der Waals surface area contributed by atoms with Gasteiger partial charge in [-0.2, -0.15) is 0 Å². The molecule has 1 aromatic carbocycles. The van der Waals surface area contributed by atoms with E-state index >= 15 is 0 Å². The highest BCUT2D eigenvalue weighted by molar-refractivity contribution is 5.28. The van der Waals surface area contributed by atoms with Crippen LogP contribution in [0.3, 0.4) is 0 Å². The molecule has 4 bridgehead atoms. The number of ether oxygens (including phenoxy) is 1. The molecule has 0 atom stereocenters. The second kappa shape index (κ2) is 4.77. The van der Waals surface area contributed by atoms with Gasteiger partial charge in [-0.05, 0) is 74.0 Å². The van der Waals surface area contributed by atoms with E-state index in [9.17, 15) is 0 Å². The average molecular weight is 271 g/mol. The van der Waals surface area contributed by atoms with E-state index in [-0.39, 0.29) is 0 Å². The first-order valence-electron chi connectivity index (χ1n) is 8.16. The Hall–Kier alpha value is -1.02. The van der Waals surface area contributed by atoms with Crippen molar-refractivity contribution in [2.75, 3.05) is 6.61 Å². The predicted octanol–water partition coefficient (Wildman–Crippen LogP) is 3.74. The van der Waals surface area contributed by atoms with Gasteiger partial charge >= 0.3 is 0 Å². The van der Waals surface area contributed by atoms with E-state index in [1.807, 2.05) is 0 Å². The van der Waals surface area contributed by atoms with E-state index in [0.717, 1.165) is 35.7 Å². The van der Waals surface area contributed by atoms with Crippen molar-refractivity contribution >= 4 is 0 Å². The first-order valence-corrected chi connectivity index (χ1v) is 8.16. The number of nitrogens with two attached hydrogens (primary N) is 1. The lowest BCUT2D eigenvalue weighted by Crippen LogP contribution is -2.48. The largest absolute Gasteiger partial charge is 0.493 e. The Kier molecular flexibility index (Phi) is 3.03. The van der Waals surface area contributed by atoms with Crippen molar-refractivity contribution in [1.82, 2.24) is 0 Å². The van der Waals surface area contributed by atoms with Crippen molar-refractivity contribution in [2.24, 2.45) is 28.9 Å².